The minimum absolute atomic E-state index is 0.0948. The molecule has 0 aliphatic heterocycles. The highest BCUT2D eigenvalue weighted by Gasteiger charge is 2.27. The summed E-state index contributed by atoms with van der Waals surface area (Å²) in [6.45, 7) is 1.94. The molecule has 2 rings (SSSR count). The zero-order chi connectivity index (χ0) is 19.3. The number of hydrogen-bond donors (Lipinski definition) is 1. The second kappa shape index (κ2) is 8.78. The molecule has 7 heteroatoms. The first kappa shape index (κ1) is 19.9. The van der Waals surface area contributed by atoms with E-state index in [-0.39, 0.29) is 24.3 Å². The van der Waals surface area contributed by atoms with Crippen LogP contribution in [-0.4, -0.2) is 50.6 Å². The van der Waals surface area contributed by atoms with Crippen LogP contribution in [-0.2, 0) is 4.79 Å². The number of nitrogens with zero attached hydrogens (tertiary/aromatic N) is 1. The van der Waals surface area contributed by atoms with Crippen molar-refractivity contribution in [3.05, 3.63) is 17.7 Å². The van der Waals surface area contributed by atoms with Crippen molar-refractivity contribution in [2.24, 2.45) is 11.7 Å². The normalized spacial score (nSPS) is 19.5. The van der Waals surface area contributed by atoms with E-state index < -0.39 is 5.91 Å². The van der Waals surface area contributed by atoms with E-state index in [1.807, 2.05) is 7.05 Å². The van der Waals surface area contributed by atoms with E-state index in [4.69, 9.17) is 19.9 Å². The Morgan fingerprint density at radius 3 is 2.12 bits per heavy atom. The van der Waals surface area contributed by atoms with Gasteiger partial charge in [0.15, 0.2) is 18.1 Å². The highest BCUT2D eigenvalue weighted by molar-refractivity contribution is 5.95. The molecule has 144 valence electrons. The van der Waals surface area contributed by atoms with Crippen LogP contribution in [0.25, 0.3) is 0 Å². The van der Waals surface area contributed by atoms with Crippen molar-refractivity contribution < 1.29 is 23.8 Å². The molecule has 0 aromatic heterocycles. The van der Waals surface area contributed by atoms with Crippen molar-refractivity contribution >= 4 is 11.8 Å². The number of hydrogen-bond acceptors (Lipinski definition) is 5. The van der Waals surface area contributed by atoms with Gasteiger partial charge in [-0.1, -0.05) is 6.92 Å². The zero-order valence-electron chi connectivity index (χ0n) is 15.9. The van der Waals surface area contributed by atoms with Gasteiger partial charge >= 0.3 is 0 Å². The molecule has 0 bridgehead atoms. The second-order valence-corrected chi connectivity index (χ2v) is 6.79. The Kier molecular flexibility index (Phi) is 6.71. The number of carbonyl (C=O) groups is 2. The summed E-state index contributed by atoms with van der Waals surface area (Å²) in [6, 6.07) is 3.44. The number of primary amides is 1. The third kappa shape index (κ3) is 4.59. The molecule has 0 radical (unpaired) electrons. The van der Waals surface area contributed by atoms with Crippen molar-refractivity contribution in [2.75, 3.05) is 27.9 Å². The van der Waals surface area contributed by atoms with Crippen LogP contribution in [0, 0.1) is 5.92 Å². The Labute approximate surface area is 154 Å². The summed E-state index contributed by atoms with van der Waals surface area (Å²) in [7, 11) is 4.76. The fourth-order valence-electron chi connectivity index (χ4n) is 3.29. The molecule has 0 unspecified atom stereocenters. The summed E-state index contributed by atoms with van der Waals surface area (Å²) >= 11 is 0. The predicted molar refractivity (Wildman–Crippen MR) is 97.7 cm³/mol. The molecule has 2 N–H and O–H groups in total. The van der Waals surface area contributed by atoms with Gasteiger partial charge in [-0.25, -0.2) is 0 Å². The number of ether oxygens (including phenoxy) is 3. The van der Waals surface area contributed by atoms with Gasteiger partial charge in [0.05, 0.1) is 14.2 Å². The summed E-state index contributed by atoms with van der Waals surface area (Å²) in [5.41, 5.74) is 5.58. The van der Waals surface area contributed by atoms with Gasteiger partial charge in [-0.15, -0.1) is 0 Å². The molecular weight excluding hydrogens is 336 g/mol. The molecule has 1 aliphatic carbocycles. The molecule has 0 atom stereocenters. The fraction of sp³-hybridized carbons (Fsp3) is 0.579. The molecule has 1 aromatic carbocycles. The predicted octanol–water partition coefficient (Wildman–Crippen LogP) is 2.22. The molecule has 0 spiro atoms. The molecule has 1 fully saturated rings. The van der Waals surface area contributed by atoms with Crippen LogP contribution in [0.1, 0.15) is 43.0 Å². The van der Waals surface area contributed by atoms with Crippen molar-refractivity contribution in [2.45, 2.75) is 38.6 Å². The number of nitrogens with two attached hydrogens (primary N) is 1. The number of methoxy groups -OCH3 is 2. The quantitative estimate of drug-likeness (QED) is 0.801. The summed E-state index contributed by atoms with van der Waals surface area (Å²) < 4.78 is 16.0. The zero-order valence-corrected chi connectivity index (χ0v) is 15.9. The minimum atomic E-state index is -0.611. The lowest BCUT2D eigenvalue weighted by atomic mass is 9.86. The lowest BCUT2D eigenvalue weighted by molar-refractivity contribution is -0.120. The van der Waals surface area contributed by atoms with Crippen LogP contribution in [0.5, 0.6) is 17.2 Å². The molecule has 0 heterocycles. The van der Waals surface area contributed by atoms with Gasteiger partial charge in [-0.2, -0.15) is 0 Å². The van der Waals surface area contributed by atoms with Gasteiger partial charge in [0.1, 0.15) is 0 Å². The van der Waals surface area contributed by atoms with E-state index in [0.717, 1.165) is 31.6 Å². The highest BCUT2D eigenvalue weighted by Crippen LogP contribution is 2.39. The molecule has 7 nitrogen and oxygen atoms in total. The van der Waals surface area contributed by atoms with Crippen LogP contribution < -0.4 is 19.9 Å². The number of rotatable bonds is 7. The van der Waals surface area contributed by atoms with Gasteiger partial charge in [0.25, 0.3) is 11.8 Å². The standard InChI is InChI=1S/C19H28N2O5/c1-12-5-7-14(8-6-12)21(2)19(23)13-9-15(24-3)18(16(10-13)25-4)26-11-17(20)22/h9-10,12,14H,5-8,11H2,1-4H3,(H2,20,22). The topological polar surface area (TPSA) is 91.1 Å². The van der Waals surface area contributed by atoms with Crippen LogP contribution in [0.3, 0.4) is 0 Å². The monoisotopic (exact) mass is 364 g/mol. The van der Waals surface area contributed by atoms with Gasteiger partial charge in [0.2, 0.25) is 5.75 Å². The van der Waals surface area contributed by atoms with Gasteiger partial charge in [-0.05, 0) is 43.7 Å². The van der Waals surface area contributed by atoms with Crippen LogP contribution >= 0.6 is 0 Å². The van der Waals surface area contributed by atoms with Gasteiger partial charge < -0.3 is 24.8 Å². The molecular formula is C19H28N2O5. The van der Waals surface area contributed by atoms with Crippen molar-refractivity contribution in [1.82, 2.24) is 4.90 Å². The minimum Gasteiger partial charge on any atom is -0.493 e. The molecule has 1 aliphatic rings. The van der Waals surface area contributed by atoms with Gasteiger partial charge in [0, 0.05) is 18.7 Å². The maximum atomic E-state index is 12.9. The summed E-state index contributed by atoms with van der Waals surface area (Å²) in [6.07, 6.45) is 4.29. The average Bonchev–Trinajstić information content (AvgIpc) is 2.64. The van der Waals surface area contributed by atoms with E-state index in [1.54, 1.807) is 17.0 Å². The molecule has 1 aromatic rings. The van der Waals surface area contributed by atoms with E-state index in [9.17, 15) is 9.59 Å². The smallest absolute Gasteiger partial charge is 0.255 e. The van der Waals surface area contributed by atoms with Crippen molar-refractivity contribution in [3.8, 4) is 17.2 Å². The molecule has 1 saturated carbocycles. The Morgan fingerprint density at radius 1 is 1.12 bits per heavy atom. The van der Waals surface area contributed by atoms with E-state index >= 15 is 0 Å². The summed E-state index contributed by atoms with van der Waals surface area (Å²) in [4.78, 5) is 25.7. The van der Waals surface area contributed by atoms with Gasteiger partial charge in [-0.3, -0.25) is 9.59 Å². The lowest BCUT2D eigenvalue weighted by Gasteiger charge is -2.33. The summed E-state index contributed by atoms with van der Waals surface area (Å²) in [5, 5.41) is 0. The first-order valence-electron chi connectivity index (χ1n) is 8.81. The third-order valence-corrected chi connectivity index (χ3v) is 4.92. The Hall–Kier alpha value is -2.44. The van der Waals surface area contributed by atoms with Crippen LogP contribution in [0.4, 0.5) is 0 Å². The van der Waals surface area contributed by atoms with Crippen LogP contribution in [0.2, 0.25) is 0 Å². The number of carbonyl (C=O) groups excluding carboxylic acids is 2. The number of amides is 2. The van der Waals surface area contributed by atoms with Crippen LogP contribution in [0.15, 0.2) is 12.1 Å². The Bertz CT molecular complexity index is 628. The second-order valence-electron chi connectivity index (χ2n) is 6.79. The Balaban J connectivity index is 2.25. The SMILES string of the molecule is COc1cc(C(=O)N(C)C2CCC(C)CC2)cc(OC)c1OCC(N)=O. The molecule has 26 heavy (non-hydrogen) atoms. The van der Waals surface area contributed by atoms with E-state index in [1.165, 1.54) is 14.2 Å². The van der Waals surface area contributed by atoms with Crippen molar-refractivity contribution in [1.29, 1.82) is 0 Å². The highest BCUT2D eigenvalue weighted by atomic mass is 16.5. The molecule has 2 amide bonds. The third-order valence-electron chi connectivity index (χ3n) is 4.92. The van der Waals surface area contributed by atoms with E-state index in [0.29, 0.717) is 17.1 Å². The average molecular weight is 364 g/mol. The first-order chi connectivity index (χ1) is 12.4. The van der Waals surface area contributed by atoms with E-state index in [2.05, 4.69) is 6.92 Å². The number of benzene rings is 1. The summed E-state index contributed by atoms with van der Waals surface area (Å²) in [5.74, 6) is 0.901. The molecule has 0 saturated heterocycles. The largest absolute Gasteiger partial charge is 0.493 e. The fourth-order valence-corrected chi connectivity index (χ4v) is 3.29. The first-order valence-corrected chi connectivity index (χ1v) is 8.81. The van der Waals surface area contributed by atoms with Crippen molar-refractivity contribution in [3.63, 3.8) is 0 Å². The Morgan fingerprint density at radius 2 is 1.65 bits per heavy atom. The maximum absolute atomic E-state index is 12.9. The lowest BCUT2D eigenvalue weighted by Crippen LogP contribution is -2.39. The maximum Gasteiger partial charge on any atom is 0.255 e.